The number of nitrogens with one attached hydrogen (secondary N) is 2. The summed E-state index contributed by atoms with van der Waals surface area (Å²) in [7, 11) is 1.30. The number of methoxy groups -OCH3 is 1. The van der Waals surface area contributed by atoms with Crippen LogP contribution in [0.3, 0.4) is 0 Å². The number of carbonyl (C=O) groups excluding carboxylic acids is 2. The number of thioether (sulfide) groups is 1. The Labute approximate surface area is 181 Å². The van der Waals surface area contributed by atoms with E-state index < -0.39 is 6.09 Å². The molecule has 7 nitrogen and oxygen atoms in total. The number of alkyl carbamates (subject to hydrolysis) is 1. The molecule has 0 radical (unpaired) electrons. The van der Waals surface area contributed by atoms with E-state index in [2.05, 4.69) is 27.3 Å². The molecular weight excluding hydrogens is 402 g/mol. The van der Waals surface area contributed by atoms with Crippen LogP contribution in [-0.4, -0.2) is 37.1 Å². The van der Waals surface area contributed by atoms with Crippen LogP contribution < -0.4 is 15.4 Å². The minimum absolute atomic E-state index is 0.0726. The summed E-state index contributed by atoms with van der Waals surface area (Å²) in [6.45, 7) is 2.04. The van der Waals surface area contributed by atoms with E-state index in [1.165, 1.54) is 18.9 Å². The number of amidine groups is 1. The minimum Gasteiger partial charge on any atom is -0.484 e. The molecule has 0 aliphatic rings. The standard InChI is InChI=1S/C22H27N3O4S/c1-4-5-9-16-14-17(23-21(30-3)25-22(27)28-2)12-13-19(16)24-20(26)15-29-18-10-7-6-8-11-18/h6-8,10-14H,4-5,9,15H2,1-3H3,(H,24,26)(H,23,25,27). The monoisotopic (exact) mass is 429 g/mol. The smallest absolute Gasteiger partial charge is 0.412 e. The number of unbranched alkanes of at least 4 members (excludes halogenated alkanes) is 1. The normalized spacial score (nSPS) is 11.0. The van der Waals surface area contributed by atoms with Crippen LogP contribution in [0.5, 0.6) is 5.75 Å². The van der Waals surface area contributed by atoms with Gasteiger partial charge in [0.1, 0.15) is 5.75 Å². The van der Waals surface area contributed by atoms with Gasteiger partial charge in [-0.1, -0.05) is 43.3 Å². The Morgan fingerprint density at radius 1 is 1.13 bits per heavy atom. The van der Waals surface area contributed by atoms with Gasteiger partial charge in [0.25, 0.3) is 5.91 Å². The molecule has 2 amide bonds. The molecule has 0 aliphatic heterocycles. The molecule has 0 fully saturated rings. The van der Waals surface area contributed by atoms with Crippen molar-refractivity contribution in [3.63, 3.8) is 0 Å². The first-order chi connectivity index (χ1) is 14.5. The van der Waals surface area contributed by atoms with E-state index in [1.807, 2.05) is 36.6 Å². The molecule has 0 heterocycles. The lowest BCUT2D eigenvalue weighted by atomic mass is 10.1. The number of carbonyl (C=O) groups is 2. The number of para-hydroxylation sites is 1. The summed E-state index contributed by atoms with van der Waals surface area (Å²) >= 11 is 1.30. The zero-order valence-electron chi connectivity index (χ0n) is 17.4. The van der Waals surface area contributed by atoms with E-state index in [0.717, 1.165) is 30.5 Å². The molecule has 2 N–H and O–H groups in total. The Bertz CT molecular complexity index is 872. The second kappa shape index (κ2) is 12.5. The van der Waals surface area contributed by atoms with Crippen LogP contribution in [-0.2, 0) is 16.0 Å². The Kier molecular flexibility index (Phi) is 9.73. The SMILES string of the molecule is CCCCc1cc(N=C(NC(=O)OC)SC)ccc1NC(=O)COc1ccccc1. The number of hydrogen-bond acceptors (Lipinski definition) is 6. The fraction of sp³-hybridized carbons (Fsp3) is 0.318. The van der Waals surface area contributed by atoms with Crippen molar-refractivity contribution < 1.29 is 19.1 Å². The first-order valence-corrected chi connectivity index (χ1v) is 10.9. The van der Waals surface area contributed by atoms with Gasteiger partial charge in [0.15, 0.2) is 11.8 Å². The number of anilines is 1. The molecule has 0 aromatic heterocycles. The number of aliphatic imine (C=N–C) groups is 1. The lowest BCUT2D eigenvalue weighted by Crippen LogP contribution is -2.27. The predicted octanol–water partition coefficient (Wildman–Crippen LogP) is 4.75. The first kappa shape index (κ1) is 23.3. The molecule has 160 valence electrons. The third-order valence-corrected chi connectivity index (χ3v) is 4.67. The Balaban J connectivity index is 2.12. The molecular formula is C22H27N3O4S. The van der Waals surface area contributed by atoms with Gasteiger partial charge in [0.05, 0.1) is 12.8 Å². The van der Waals surface area contributed by atoms with Crippen LogP contribution in [0, 0.1) is 0 Å². The van der Waals surface area contributed by atoms with Crippen LogP contribution >= 0.6 is 11.8 Å². The van der Waals surface area contributed by atoms with Crippen molar-refractivity contribution >= 4 is 40.3 Å². The van der Waals surface area contributed by atoms with Crippen molar-refractivity contribution in [2.45, 2.75) is 26.2 Å². The molecule has 2 aromatic rings. The topological polar surface area (TPSA) is 89.0 Å². The Hall–Kier alpha value is -3.00. The largest absolute Gasteiger partial charge is 0.484 e. The van der Waals surface area contributed by atoms with Crippen molar-refractivity contribution in [3.8, 4) is 5.75 Å². The molecule has 2 rings (SSSR count). The number of aryl methyl sites for hydroxylation is 1. The summed E-state index contributed by atoms with van der Waals surface area (Å²) in [6, 6.07) is 14.7. The highest BCUT2D eigenvalue weighted by molar-refractivity contribution is 8.13. The zero-order valence-corrected chi connectivity index (χ0v) is 18.3. The average molecular weight is 430 g/mol. The van der Waals surface area contributed by atoms with Crippen molar-refractivity contribution in [1.82, 2.24) is 5.32 Å². The van der Waals surface area contributed by atoms with E-state index in [9.17, 15) is 9.59 Å². The summed E-state index contributed by atoms with van der Waals surface area (Å²) in [5.74, 6) is 0.413. The van der Waals surface area contributed by atoms with Crippen molar-refractivity contribution in [3.05, 3.63) is 54.1 Å². The highest BCUT2D eigenvalue weighted by Crippen LogP contribution is 2.25. The molecule has 0 bridgehead atoms. The van der Waals surface area contributed by atoms with Gasteiger partial charge in [-0.25, -0.2) is 9.79 Å². The van der Waals surface area contributed by atoms with Crippen molar-refractivity contribution in [2.24, 2.45) is 4.99 Å². The van der Waals surface area contributed by atoms with E-state index in [0.29, 0.717) is 16.6 Å². The average Bonchev–Trinajstić information content (AvgIpc) is 2.77. The fourth-order valence-electron chi connectivity index (χ4n) is 2.58. The third kappa shape index (κ3) is 7.79. The van der Waals surface area contributed by atoms with E-state index in [-0.39, 0.29) is 12.5 Å². The zero-order chi connectivity index (χ0) is 21.8. The molecule has 0 aliphatic carbocycles. The second-order valence-electron chi connectivity index (χ2n) is 6.33. The van der Waals surface area contributed by atoms with Gasteiger partial charge in [-0.05, 0) is 55.0 Å². The van der Waals surface area contributed by atoms with Crippen LogP contribution in [0.1, 0.15) is 25.3 Å². The number of benzene rings is 2. The van der Waals surface area contributed by atoms with Crippen LogP contribution in [0.15, 0.2) is 53.5 Å². The minimum atomic E-state index is -0.573. The Morgan fingerprint density at radius 2 is 1.90 bits per heavy atom. The van der Waals surface area contributed by atoms with Crippen molar-refractivity contribution in [2.75, 3.05) is 25.3 Å². The van der Waals surface area contributed by atoms with Crippen LogP contribution in [0.2, 0.25) is 0 Å². The lowest BCUT2D eigenvalue weighted by molar-refractivity contribution is -0.118. The van der Waals surface area contributed by atoms with Crippen molar-refractivity contribution in [1.29, 1.82) is 0 Å². The molecule has 8 heteroatoms. The summed E-state index contributed by atoms with van der Waals surface area (Å²) in [5, 5.41) is 5.92. The maximum Gasteiger partial charge on any atom is 0.412 e. The van der Waals surface area contributed by atoms with Crippen LogP contribution in [0.25, 0.3) is 0 Å². The summed E-state index contributed by atoms with van der Waals surface area (Å²) in [5.41, 5.74) is 2.39. The quantitative estimate of drug-likeness (QED) is 0.467. The number of hydrogen-bond donors (Lipinski definition) is 2. The van der Waals surface area contributed by atoms with E-state index in [1.54, 1.807) is 18.2 Å². The molecule has 0 unspecified atom stereocenters. The summed E-state index contributed by atoms with van der Waals surface area (Å²) < 4.78 is 10.1. The second-order valence-corrected chi connectivity index (χ2v) is 7.13. The maximum atomic E-state index is 12.3. The number of ether oxygens (including phenoxy) is 2. The van der Waals surface area contributed by atoms with Gasteiger partial charge >= 0.3 is 6.09 Å². The van der Waals surface area contributed by atoms with Gasteiger partial charge in [0.2, 0.25) is 0 Å². The summed E-state index contributed by atoms with van der Waals surface area (Å²) in [4.78, 5) is 28.2. The third-order valence-electron chi connectivity index (χ3n) is 4.09. The highest BCUT2D eigenvalue weighted by atomic mass is 32.2. The lowest BCUT2D eigenvalue weighted by Gasteiger charge is -2.13. The molecule has 30 heavy (non-hydrogen) atoms. The summed E-state index contributed by atoms with van der Waals surface area (Å²) in [6.07, 6.45) is 4.04. The van der Waals surface area contributed by atoms with Gasteiger partial charge in [0, 0.05) is 5.69 Å². The predicted molar refractivity (Wildman–Crippen MR) is 122 cm³/mol. The van der Waals surface area contributed by atoms with Gasteiger partial charge in [-0.2, -0.15) is 0 Å². The first-order valence-electron chi connectivity index (χ1n) is 9.64. The van der Waals surface area contributed by atoms with Crippen LogP contribution in [0.4, 0.5) is 16.2 Å². The molecule has 0 saturated heterocycles. The number of amides is 2. The molecule has 0 spiro atoms. The number of nitrogens with zero attached hydrogens (tertiary/aromatic N) is 1. The van der Waals surface area contributed by atoms with Gasteiger partial charge in [-0.3, -0.25) is 10.1 Å². The van der Waals surface area contributed by atoms with E-state index in [4.69, 9.17) is 4.74 Å². The van der Waals surface area contributed by atoms with Gasteiger partial charge < -0.3 is 14.8 Å². The highest BCUT2D eigenvalue weighted by Gasteiger charge is 2.10. The van der Waals surface area contributed by atoms with E-state index >= 15 is 0 Å². The number of rotatable bonds is 8. The Morgan fingerprint density at radius 3 is 2.57 bits per heavy atom. The molecule has 0 atom stereocenters. The van der Waals surface area contributed by atoms with Gasteiger partial charge in [-0.15, -0.1) is 0 Å². The molecule has 2 aromatic carbocycles. The maximum absolute atomic E-state index is 12.3. The fourth-order valence-corrected chi connectivity index (χ4v) is 2.96. The molecule has 0 saturated carbocycles.